The number of hydrogen-bond acceptors (Lipinski definition) is 0. The first-order chi connectivity index (χ1) is 4.91. The molecule has 0 aliphatic rings. The third-order valence-corrected chi connectivity index (χ3v) is 7.40. The van der Waals surface area contributed by atoms with E-state index in [4.69, 9.17) is 0 Å². The van der Waals surface area contributed by atoms with E-state index in [0.717, 1.165) is 26.3 Å². The quantitative estimate of drug-likeness (QED) is 0.408. The van der Waals surface area contributed by atoms with E-state index in [-0.39, 0.29) is 0 Å². The van der Waals surface area contributed by atoms with Gasteiger partial charge in [0.05, 0.1) is 0 Å². The molecule has 0 rings (SSSR count). The Labute approximate surface area is 75.0 Å². The van der Waals surface area contributed by atoms with Gasteiger partial charge in [-0.15, -0.1) is 0 Å². The maximum absolute atomic E-state index is 2.28. The normalized spacial score (nSPS) is 11.8. The van der Waals surface area contributed by atoms with Gasteiger partial charge in [0.25, 0.3) is 0 Å². The molecule has 0 radical (unpaired) electrons. The summed E-state index contributed by atoms with van der Waals surface area (Å²) in [6, 6.07) is 0. The van der Waals surface area contributed by atoms with Crippen molar-refractivity contribution in [3.63, 3.8) is 0 Å². The Morgan fingerprint density at radius 3 is 1.60 bits per heavy atom. The molecule has 0 amide bonds. The van der Waals surface area contributed by atoms with Crippen LogP contribution in [0.2, 0.25) is 10.6 Å². The molecule has 0 atom stereocenters. The van der Waals surface area contributed by atoms with E-state index in [1.54, 1.807) is 0 Å². The molecular formula is C8H14Se2. The van der Waals surface area contributed by atoms with Gasteiger partial charge >= 0.3 is 75.1 Å². The molecule has 0 aromatic rings. The summed E-state index contributed by atoms with van der Waals surface area (Å²) in [5.41, 5.74) is 0. The number of hydrogen-bond donors (Lipinski definition) is 0. The van der Waals surface area contributed by atoms with E-state index in [0.29, 0.717) is 0 Å². The van der Waals surface area contributed by atoms with Crippen LogP contribution in [0.3, 0.4) is 0 Å². The molecule has 0 saturated carbocycles. The van der Waals surface area contributed by atoms with Crippen molar-refractivity contribution in [3.05, 3.63) is 24.3 Å². The molecule has 0 aliphatic heterocycles. The fraction of sp³-hybridized carbons (Fsp3) is 0.500. The third-order valence-electron chi connectivity index (χ3n) is 0.883. The van der Waals surface area contributed by atoms with Crippen LogP contribution < -0.4 is 0 Å². The van der Waals surface area contributed by atoms with Crippen LogP contribution in [0.15, 0.2) is 24.3 Å². The third kappa shape index (κ3) is 8.52. The average Bonchev–Trinajstić information content (AvgIpc) is 1.97. The summed E-state index contributed by atoms with van der Waals surface area (Å²) < 4.78 is 0. The topological polar surface area (TPSA) is 0 Å². The van der Waals surface area contributed by atoms with Crippen molar-refractivity contribution in [2.75, 3.05) is 0 Å². The summed E-state index contributed by atoms with van der Waals surface area (Å²) in [5.74, 6) is 0. The molecule has 0 spiro atoms. The molecule has 0 heterocycles. The molecule has 0 aromatic heterocycles. The summed E-state index contributed by atoms with van der Waals surface area (Å²) in [5, 5.41) is 2.67. The Morgan fingerprint density at radius 2 is 1.30 bits per heavy atom. The monoisotopic (exact) mass is 270 g/mol. The predicted molar refractivity (Wildman–Crippen MR) is 50.8 cm³/mol. The van der Waals surface area contributed by atoms with Crippen LogP contribution in [-0.2, 0) is 0 Å². The molecule has 0 N–H and O–H groups in total. The molecule has 10 heavy (non-hydrogen) atoms. The van der Waals surface area contributed by atoms with Crippen molar-refractivity contribution in [3.8, 4) is 0 Å². The van der Waals surface area contributed by atoms with Gasteiger partial charge in [0.15, 0.2) is 0 Å². The van der Waals surface area contributed by atoms with Crippen molar-refractivity contribution < 1.29 is 0 Å². The average molecular weight is 268 g/mol. The SMILES string of the molecule is CC=CC[Se][Se]CC=CC. The summed E-state index contributed by atoms with van der Waals surface area (Å²) in [4.78, 5) is 0. The van der Waals surface area contributed by atoms with E-state index in [1.165, 1.54) is 10.6 Å². The van der Waals surface area contributed by atoms with Gasteiger partial charge in [-0.05, 0) is 0 Å². The van der Waals surface area contributed by atoms with Crippen molar-refractivity contribution in [1.82, 2.24) is 0 Å². The Balaban J connectivity index is 2.90. The van der Waals surface area contributed by atoms with Gasteiger partial charge in [-0.2, -0.15) is 0 Å². The standard InChI is InChI=1S/C8H14Se2/c1-3-5-7-9-10-8-6-4-2/h3-6H,7-8H2,1-2H3. The summed E-state index contributed by atoms with van der Waals surface area (Å²) in [6.07, 6.45) is 8.84. The molecule has 2 heteroatoms. The number of rotatable bonds is 5. The zero-order valence-electron chi connectivity index (χ0n) is 6.54. The van der Waals surface area contributed by atoms with Crippen molar-refractivity contribution >= 4 is 26.3 Å². The molecule has 0 aliphatic carbocycles. The first-order valence-corrected chi connectivity index (χ1v) is 10.1. The minimum atomic E-state index is 0.902. The fourth-order valence-electron chi connectivity index (χ4n) is 0.367. The zero-order chi connectivity index (χ0) is 7.66. The van der Waals surface area contributed by atoms with Crippen molar-refractivity contribution in [1.29, 1.82) is 0 Å². The zero-order valence-corrected chi connectivity index (χ0v) is 9.97. The van der Waals surface area contributed by atoms with Crippen LogP contribution in [0.5, 0.6) is 0 Å². The number of allylic oxidation sites excluding steroid dienone is 4. The van der Waals surface area contributed by atoms with Gasteiger partial charge in [-0.1, -0.05) is 0 Å². The first-order valence-electron chi connectivity index (χ1n) is 3.38. The van der Waals surface area contributed by atoms with Gasteiger partial charge in [-0.25, -0.2) is 0 Å². The Bertz CT molecular complexity index is 91.8. The summed E-state index contributed by atoms with van der Waals surface area (Å²) >= 11 is 1.80. The molecule has 0 nitrogen and oxygen atoms in total. The van der Waals surface area contributed by atoms with E-state index < -0.39 is 0 Å². The molecule has 0 aromatic carbocycles. The molecule has 0 unspecified atom stereocenters. The molecule has 58 valence electrons. The molecule has 0 bridgehead atoms. The fourth-order valence-corrected chi connectivity index (χ4v) is 5.72. The summed E-state index contributed by atoms with van der Waals surface area (Å²) in [7, 11) is 0. The second-order valence-electron chi connectivity index (χ2n) is 1.71. The Morgan fingerprint density at radius 1 is 0.900 bits per heavy atom. The van der Waals surface area contributed by atoms with Gasteiger partial charge in [0.1, 0.15) is 0 Å². The van der Waals surface area contributed by atoms with Crippen LogP contribution >= 0.6 is 0 Å². The van der Waals surface area contributed by atoms with E-state index in [1.807, 2.05) is 0 Å². The molecule has 0 saturated heterocycles. The van der Waals surface area contributed by atoms with Crippen LogP contribution in [-0.4, -0.2) is 26.3 Å². The Kier molecular flexibility index (Phi) is 10.0. The van der Waals surface area contributed by atoms with Crippen molar-refractivity contribution in [2.24, 2.45) is 0 Å². The van der Waals surface area contributed by atoms with Gasteiger partial charge in [0.2, 0.25) is 0 Å². The molecule has 0 fully saturated rings. The molecular weight excluding hydrogens is 254 g/mol. The second kappa shape index (κ2) is 9.52. The maximum atomic E-state index is 2.28. The summed E-state index contributed by atoms with van der Waals surface area (Å²) in [6.45, 7) is 4.18. The van der Waals surface area contributed by atoms with Crippen LogP contribution in [0.1, 0.15) is 13.8 Å². The minimum absolute atomic E-state index is 0.902. The van der Waals surface area contributed by atoms with E-state index in [2.05, 4.69) is 38.2 Å². The van der Waals surface area contributed by atoms with Crippen LogP contribution in [0.4, 0.5) is 0 Å². The van der Waals surface area contributed by atoms with E-state index in [9.17, 15) is 0 Å². The van der Waals surface area contributed by atoms with Crippen molar-refractivity contribution in [2.45, 2.75) is 24.5 Å². The van der Waals surface area contributed by atoms with Crippen LogP contribution in [0.25, 0.3) is 0 Å². The second-order valence-corrected chi connectivity index (χ2v) is 9.23. The van der Waals surface area contributed by atoms with Gasteiger partial charge < -0.3 is 0 Å². The van der Waals surface area contributed by atoms with Crippen LogP contribution in [0, 0.1) is 0 Å². The Hall–Kier alpha value is 0.519. The first kappa shape index (κ1) is 10.5. The van der Waals surface area contributed by atoms with E-state index >= 15 is 0 Å². The predicted octanol–water partition coefficient (Wildman–Crippen LogP) is 2.30. The van der Waals surface area contributed by atoms with Gasteiger partial charge in [0, 0.05) is 0 Å². The van der Waals surface area contributed by atoms with Gasteiger partial charge in [-0.3, -0.25) is 0 Å².